The Morgan fingerprint density at radius 1 is 1.45 bits per heavy atom. The van der Waals surface area contributed by atoms with Crippen molar-refractivity contribution in [2.45, 2.75) is 13.0 Å². The zero-order valence-electron chi connectivity index (χ0n) is 11.8. The van der Waals surface area contributed by atoms with Crippen LogP contribution in [0, 0.1) is 0 Å². The molecule has 20 heavy (non-hydrogen) atoms. The van der Waals surface area contributed by atoms with Crippen molar-refractivity contribution in [1.29, 1.82) is 0 Å². The number of amides is 1. The summed E-state index contributed by atoms with van der Waals surface area (Å²) in [6, 6.07) is 7.40. The first kappa shape index (κ1) is 16.9. The molecule has 0 aliphatic rings. The van der Waals surface area contributed by atoms with Crippen molar-refractivity contribution < 1.29 is 14.6 Å². The smallest absolute Gasteiger partial charge is 0.236 e. The Morgan fingerprint density at radius 2 is 2.10 bits per heavy atom. The molecule has 1 atom stereocenters. The average molecular weight is 345 g/mol. The molecule has 1 rings (SSSR count). The molecule has 0 aliphatic heterocycles. The van der Waals surface area contributed by atoms with Crippen LogP contribution in [0.4, 0.5) is 0 Å². The number of likely N-dealkylation sites (N-methyl/N-ethyl adjacent to an activating group) is 1. The quantitative estimate of drug-likeness (QED) is 0.745. The lowest BCUT2D eigenvalue weighted by molar-refractivity contribution is -0.128. The predicted molar refractivity (Wildman–Crippen MR) is 81.8 cm³/mol. The van der Waals surface area contributed by atoms with Crippen molar-refractivity contribution in [2.24, 2.45) is 0 Å². The summed E-state index contributed by atoms with van der Waals surface area (Å²) in [6.07, 6.45) is -0.654. The summed E-state index contributed by atoms with van der Waals surface area (Å²) in [6.45, 7) is 3.32. The van der Waals surface area contributed by atoms with Crippen molar-refractivity contribution in [1.82, 2.24) is 10.2 Å². The Balaban J connectivity index is 2.19. The van der Waals surface area contributed by atoms with Crippen LogP contribution in [-0.4, -0.2) is 55.3 Å². The number of nitrogens with one attached hydrogen (secondary N) is 1. The predicted octanol–water partition coefficient (Wildman–Crippen LogP) is 1.26. The monoisotopic (exact) mass is 344 g/mol. The SMILES string of the molecule is CCN(C)C(=O)CNCC(O)COc1ccc(Br)cc1. The third kappa shape index (κ3) is 6.36. The van der Waals surface area contributed by atoms with Crippen LogP contribution >= 0.6 is 15.9 Å². The highest BCUT2D eigenvalue weighted by atomic mass is 79.9. The fourth-order valence-electron chi connectivity index (χ4n) is 1.44. The van der Waals surface area contributed by atoms with E-state index < -0.39 is 6.10 Å². The molecule has 0 heterocycles. The zero-order valence-corrected chi connectivity index (χ0v) is 13.4. The van der Waals surface area contributed by atoms with E-state index in [4.69, 9.17) is 4.74 Å². The molecule has 0 spiro atoms. The number of rotatable bonds is 8. The number of nitrogens with zero attached hydrogens (tertiary/aromatic N) is 1. The van der Waals surface area contributed by atoms with Gasteiger partial charge in [-0.1, -0.05) is 15.9 Å². The van der Waals surface area contributed by atoms with Gasteiger partial charge in [-0.15, -0.1) is 0 Å². The van der Waals surface area contributed by atoms with Crippen molar-refractivity contribution in [3.8, 4) is 5.75 Å². The lowest BCUT2D eigenvalue weighted by atomic mass is 10.3. The number of aliphatic hydroxyl groups is 1. The number of carbonyl (C=O) groups is 1. The fourth-order valence-corrected chi connectivity index (χ4v) is 1.70. The van der Waals surface area contributed by atoms with Crippen molar-refractivity contribution >= 4 is 21.8 Å². The van der Waals surface area contributed by atoms with Gasteiger partial charge in [0.15, 0.2) is 0 Å². The molecule has 0 bridgehead atoms. The molecule has 1 amide bonds. The maximum absolute atomic E-state index is 11.5. The summed E-state index contributed by atoms with van der Waals surface area (Å²) in [5.41, 5.74) is 0. The maximum Gasteiger partial charge on any atom is 0.236 e. The first-order valence-corrected chi connectivity index (χ1v) is 7.33. The molecule has 0 radical (unpaired) electrons. The summed E-state index contributed by atoms with van der Waals surface area (Å²) in [7, 11) is 1.75. The summed E-state index contributed by atoms with van der Waals surface area (Å²) in [5, 5.41) is 12.7. The highest BCUT2D eigenvalue weighted by Gasteiger charge is 2.09. The van der Waals surface area contributed by atoms with Crippen LogP contribution in [0.3, 0.4) is 0 Å². The molecule has 112 valence electrons. The van der Waals surface area contributed by atoms with Crippen molar-refractivity contribution in [2.75, 3.05) is 33.3 Å². The van der Waals surface area contributed by atoms with Crippen LogP contribution in [0.2, 0.25) is 0 Å². The Kier molecular flexibility index (Phi) is 7.58. The van der Waals surface area contributed by atoms with E-state index in [0.717, 1.165) is 4.47 Å². The molecule has 1 aromatic rings. The first-order chi connectivity index (χ1) is 9.52. The number of aliphatic hydroxyl groups excluding tert-OH is 1. The third-order valence-electron chi connectivity index (χ3n) is 2.81. The van der Waals surface area contributed by atoms with E-state index in [2.05, 4.69) is 21.2 Å². The molecule has 0 saturated heterocycles. The van der Waals surface area contributed by atoms with Gasteiger partial charge in [0.2, 0.25) is 5.91 Å². The van der Waals surface area contributed by atoms with Crippen LogP contribution in [0.5, 0.6) is 5.75 Å². The molecule has 0 aromatic heterocycles. The molecule has 2 N–H and O–H groups in total. The van der Waals surface area contributed by atoms with Gasteiger partial charge < -0.3 is 20.1 Å². The van der Waals surface area contributed by atoms with Crippen LogP contribution < -0.4 is 10.1 Å². The molecular weight excluding hydrogens is 324 g/mol. The van der Waals surface area contributed by atoms with Gasteiger partial charge in [0.1, 0.15) is 18.5 Å². The van der Waals surface area contributed by atoms with Crippen LogP contribution in [-0.2, 0) is 4.79 Å². The van der Waals surface area contributed by atoms with E-state index in [0.29, 0.717) is 18.8 Å². The molecule has 0 fully saturated rings. The Labute approximate surface area is 128 Å². The largest absolute Gasteiger partial charge is 0.491 e. The average Bonchev–Trinajstić information content (AvgIpc) is 2.45. The van der Waals surface area contributed by atoms with Gasteiger partial charge in [0.05, 0.1) is 6.54 Å². The van der Waals surface area contributed by atoms with Gasteiger partial charge in [-0.2, -0.15) is 0 Å². The summed E-state index contributed by atoms with van der Waals surface area (Å²) in [4.78, 5) is 13.1. The van der Waals surface area contributed by atoms with Gasteiger partial charge in [0.25, 0.3) is 0 Å². The second kappa shape index (κ2) is 8.94. The van der Waals surface area contributed by atoms with Crippen LogP contribution in [0.1, 0.15) is 6.92 Å². The molecule has 0 aliphatic carbocycles. The Hall–Kier alpha value is -1.11. The molecule has 0 saturated carbocycles. The topological polar surface area (TPSA) is 61.8 Å². The molecular formula is C14H21BrN2O3. The summed E-state index contributed by atoms with van der Waals surface area (Å²) >= 11 is 3.34. The molecule has 1 aromatic carbocycles. The van der Waals surface area contributed by atoms with Crippen LogP contribution in [0.15, 0.2) is 28.7 Å². The number of carbonyl (C=O) groups excluding carboxylic acids is 1. The van der Waals surface area contributed by atoms with Gasteiger partial charge in [-0.05, 0) is 31.2 Å². The molecule has 5 nitrogen and oxygen atoms in total. The van der Waals surface area contributed by atoms with E-state index in [9.17, 15) is 9.90 Å². The van der Waals surface area contributed by atoms with Gasteiger partial charge in [0, 0.05) is 24.6 Å². The Bertz CT molecular complexity index is 411. The third-order valence-corrected chi connectivity index (χ3v) is 3.34. The second-order valence-electron chi connectivity index (χ2n) is 4.46. The normalized spacial score (nSPS) is 12.0. The number of benzene rings is 1. The van der Waals surface area contributed by atoms with Gasteiger partial charge in [-0.25, -0.2) is 0 Å². The number of halogens is 1. The van der Waals surface area contributed by atoms with Gasteiger partial charge >= 0.3 is 0 Å². The number of ether oxygens (including phenoxy) is 1. The van der Waals surface area contributed by atoms with E-state index in [1.54, 1.807) is 11.9 Å². The van der Waals surface area contributed by atoms with Gasteiger partial charge in [-0.3, -0.25) is 4.79 Å². The summed E-state index contributed by atoms with van der Waals surface area (Å²) < 4.78 is 6.42. The standard InChI is InChI=1S/C14H21BrN2O3/c1-3-17(2)14(19)9-16-8-12(18)10-20-13-6-4-11(15)5-7-13/h4-7,12,16,18H,3,8-10H2,1-2H3. The highest BCUT2D eigenvalue weighted by molar-refractivity contribution is 9.10. The molecule has 1 unspecified atom stereocenters. The minimum absolute atomic E-state index is 0.00790. The van der Waals surface area contributed by atoms with Crippen molar-refractivity contribution in [3.63, 3.8) is 0 Å². The number of hydrogen-bond acceptors (Lipinski definition) is 4. The van der Waals surface area contributed by atoms with E-state index in [1.165, 1.54) is 0 Å². The maximum atomic E-state index is 11.5. The zero-order chi connectivity index (χ0) is 15.0. The minimum atomic E-state index is -0.654. The van der Waals surface area contributed by atoms with E-state index in [-0.39, 0.29) is 19.1 Å². The van der Waals surface area contributed by atoms with E-state index >= 15 is 0 Å². The molecule has 6 heteroatoms. The lowest BCUT2D eigenvalue weighted by Gasteiger charge is -2.16. The van der Waals surface area contributed by atoms with E-state index in [1.807, 2.05) is 31.2 Å². The summed E-state index contributed by atoms with van der Waals surface area (Å²) in [5.74, 6) is 0.711. The first-order valence-electron chi connectivity index (χ1n) is 6.54. The van der Waals surface area contributed by atoms with Crippen LogP contribution in [0.25, 0.3) is 0 Å². The van der Waals surface area contributed by atoms with Crippen molar-refractivity contribution in [3.05, 3.63) is 28.7 Å². The highest BCUT2D eigenvalue weighted by Crippen LogP contribution is 2.16. The number of hydrogen-bond donors (Lipinski definition) is 2. The fraction of sp³-hybridized carbons (Fsp3) is 0.500. The second-order valence-corrected chi connectivity index (χ2v) is 5.37. The lowest BCUT2D eigenvalue weighted by Crippen LogP contribution is -2.39. The Morgan fingerprint density at radius 3 is 2.70 bits per heavy atom. The minimum Gasteiger partial charge on any atom is -0.491 e.